The molecule has 3 unspecified atom stereocenters. The average Bonchev–Trinajstić information content (AvgIpc) is 3.37. The van der Waals surface area contributed by atoms with Crippen molar-refractivity contribution in [1.29, 1.82) is 0 Å². The van der Waals surface area contributed by atoms with E-state index in [4.69, 9.17) is 13.8 Å². The number of phosphoric ester groups is 1. The van der Waals surface area contributed by atoms with Crippen LogP contribution in [0.2, 0.25) is 0 Å². The molecule has 0 saturated carbocycles. The minimum atomic E-state index is -4.44. The first-order chi connectivity index (χ1) is 36.4. The van der Waals surface area contributed by atoms with Gasteiger partial charge < -0.3 is 19.4 Å². The second kappa shape index (κ2) is 55.5. The summed E-state index contributed by atoms with van der Waals surface area (Å²) in [4.78, 5) is 37.6. The summed E-state index contributed by atoms with van der Waals surface area (Å²) in [5.74, 6) is -0.505. The van der Waals surface area contributed by atoms with Crippen LogP contribution in [0.3, 0.4) is 0 Å². The number of ether oxygens (including phenoxy) is 1. The highest BCUT2D eigenvalue weighted by Gasteiger charge is 2.30. The van der Waals surface area contributed by atoms with Crippen LogP contribution >= 0.6 is 7.82 Å². The van der Waals surface area contributed by atoms with Crippen LogP contribution in [0.4, 0.5) is 0 Å². The number of nitrogens with zero attached hydrogens (tertiary/aromatic N) is 1. The van der Waals surface area contributed by atoms with Crippen molar-refractivity contribution in [2.45, 2.75) is 328 Å². The van der Waals surface area contributed by atoms with Gasteiger partial charge in [-0.3, -0.25) is 18.6 Å². The Bertz CT molecular complexity index is 1380. The maximum atomic E-state index is 13.5. The smallest absolute Gasteiger partial charge is 0.456 e. The van der Waals surface area contributed by atoms with Gasteiger partial charge in [0, 0.05) is 12.8 Å². The third-order valence-corrected chi connectivity index (χ3v) is 15.5. The molecule has 10 heteroatoms. The van der Waals surface area contributed by atoms with E-state index < -0.39 is 20.0 Å². The van der Waals surface area contributed by atoms with Crippen LogP contribution in [0.25, 0.3) is 0 Å². The molecule has 0 rings (SSSR count). The molecule has 0 bridgehead atoms. The largest absolute Gasteiger partial charge is 0.472 e. The van der Waals surface area contributed by atoms with Gasteiger partial charge in [-0.05, 0) is 76.7 Å². The van der Waals surface area contributed by atoms with E-state index in [1.165, 1.54) is 199 Å². The lowest BCUT2D eigenvalue weighted by atomic mass is 10.0. The molecule has 3 atom stereocenters. The van der Waals surface area contributed by atoms with Crippen molar-refractivity contribution >= 4 is 19.7 Å². The van der Waals surface area contributed by atoms with E-state index in [0.717, 1.165) is 83.5 Å². The van der Waals surface area contributed by atoms with Gasteiger partial charge in [-0.15, -0.1) is 0 Å². The number of unbranched alkanes of at least 4 members (excludes halogenated alkanes) is 39. The molecule has 0 aliphatic carbocycles. The number of quaternary nitrogens is 1. The van der Waals surface area contributed by atoms with Gasteiger partial charge in [0.2, 0.25) is 5.91 Å². The molecule has 1 amide bonds. The number of hydrogen-bond donors (Lipinski definition) is 2. The van der Waals surface area contributed by atoms with Gasteiger partial charge in [-0.2, -0.15) is 0 Å². The Morgan fingerprint density at radius 3 is 1.17 bits per heavy atom. The Kier molecular flexibility index (Phi) is 54.2. The lowest BCUT2D eigenvalue weighted by molar-refractivity contribution is -0.870. The topological polar surface area (TPSA) is 111 Å². The Labute approximate surface area is 466 Å². The molecule has 0 radical (unpaired) electrons. The standard InChI is InChI=1S/C65H125N2O7P/c1-7-10-13-16-19-22-25-26-27-28-29-30-31-32-33-34-35-36-37-38-39-40-43-46-49-52-55-58-65(69)74-63(56-53-50-47-44-41-23-20-17-14-11-8-2)62(61-73-75(70,71)72-60-59-67(4,5)6)66-64(68)57-54-51-48-45-42-24-21-18-15-12-9-3/h18,21,26-27,53,56,62-63H,7-17,19-20,22-25,28-52,54-55,57-61H2,1-6H3,(H-,66,68,70,71)/p+1/b21-18-,27-26+,56-53-. The number of nitrogens with one attached hydrogen (secondary N) is 1. The zero-order valence-electron chi connectivity index (χ0n) is 50.6. The zero-order valence-corrected chi connectivity index (χ0v) is 51.5. The third-order valence-electron chi connectivity index (χ3n) is 14.6. The lowest BCUT2D eigenvalue weighted by Crippen LogP contribution is -2.47. The third kappa shape index (κ3) is 56.8. The Hall–Kier alpha value is -1.77. The summed E-state index contributed by atoms with van der Waals surface area (Å²) < 4.78 is 30.6. The molecule has 0 aliphatic heterocycles. The first-order valence-electron chi connectivity index (χ1n) is 32.3. The van der Waals surface area contributed by atoms with E-state index in [-0.39, 0.29) is 25.1 Å². The fraction of sp³-hybridized carbons (Fsp3) is 0.877. The quantitative estimate of drug-likeness (QED) is 0.0205. The summed E-state index contributed by atoms with van der Waals surface area (Å²) in [6.45, 7) is 6.99. The Morgan fingerprint density at radius 1 is 0.453 bits per heavy atom. The van der Waals surface area contributed by atoms with E-state index in [2.05, 4.69) is 50.4 Å². The highest BCUT2D eigenvalue weighted by molar-refractivity contribution is 7.47. The van der Waals surface area contributed by atoms with Gasteiger partial charge >= 0.3 is 13.8 Å². The van der Waals surface area contributed by atoms with Gasteiger partial charge in [-0.25, -0.2) is 4.57 Å². The normalized spacial score (nSPS) is 13.9. The van der Waals surface area contributed by atoms with E-state index >= 15 is 0 Å². The van der Waals surface area contributed by atoms with E-state index in [1.54, 1.807) is 0 Å². The number of esters is 1. The molecule has 0 saturated heterocycles. The van der Waals surface area contributed by atoms with E-state index in [0.29, 0.717) is 23.9 Å². The van der Waals surface area contributed by atoms with Gasteiger partial charge in [0.15, 0.2) is 0 Å². The molecule has 442 valence electrons. The SMILES string of the molecule is CCCC/C=C\CCCCCCCC(=O)NC(COP(=O)(O)OCC[N+](C)(C)C)C(/C=C\CCCCCCCCCCC)OC(=O)CCCCCCCCCCCCCCCCCCC/C=C/CCCCCCCC. The first-order valence-corrected chi connectivity index (χ1v) is 33.8. The van der Waals surface area contributed by atoms with Crippen LogP contribution < -0.4 is 5.32 Å². The molecule has 9 nitrogen and oxygen atoms in total. The van der Waals surface area contributed by atoms with Crippen molar-refractivity contribution < 1.29 is 37.3 Å². The molecular formula is C65H126N2O7P+. The number of likely N-dealkylation sites (N-methyl/N-ethyl adjacent to an activating group) is 1. The van der Waals surface area contributed by atoms with Gasteiger partial charge in [0.05, 0.1) is 33.8 Å². The van der Waals surface area contributed by atoms with Crippen LogP contribution in [-0.2, 0) is 27.9 Å². The van der Waals surface area contributed by atoms with Crippen molar-refractivity contribution in [3.63, 3.8) is 0 Å². The number of phosphoric acid groups is 1. The molecule has 2 N–H and O–H groups in total. The molecule has 0 heterocycles. The monoisotopic (exact) mass is 1080 g/mol. The summed E-state index contributed by atoms with van der Waals surface area (Å²) in [6.07, 6.45) is 67.4. The maximum absolute atomic E-state index is 13.5. The Balaban J connectivity index is 4.92. The van der Waals surface area contributed by atoms with Crippen LogP contribution in [0, 0.1) is 0 Å². The highest BCUT2D eigenvalue weighted by atomic mass is 31.2. The van der Waals surface area contributed by atoms with Crippen molar-refractivity contribution in [3.8, 4) is 0 Å². The molecule has 0 aromatic heterocycles. The second-order valence-corrected chi connectivity index (χ2v) is 24.7. The predicted octanol–water partition coefficient (Wildman–Crippen LogP) is 19.9. The van der Waals surface area contributed by atoms with Crippen molar-refractivity contribution in [3.05, 3.63) is 36.5 Å². The fourth-order valence-corrected chi connectivity index (χ4v) is 10.2. The number of carbonyl (C=O) groups is 2. The predicted molar refractivity (Wildman–Crippen MR) is 323 cm³/mol. The summed E-state index contributed by atoms with van der Waals surface area (Å²) in [7, 11) is 1.50. The molecule has 0 aromatic rings. The summed E-state index contributed by atoms with van der Waals surface area (Å²) in [6, 6.07) is -0.847. The molecular weight excluding hydrogens is 952 g/mol. The number of hydrogen-bond acceptors (Lipinski definition) is 6. The fourth-order valence-electron chi connectivity index (χ4n) is 9.51. The van der Waals surface area contributed by atoms with Crippen LogP contribution in [0.1, 0.15) is 316 Å². The number of allylic oxidation sites excluding steroid dienone is 5. The average molecular weight is 1080 g/mol. The van der Waals surface area contributed by atoms with E-state index in [1.807, 2.05) is 33.3 Å². The minimum Gasteiger partial charge on any atom is -0.456 e. The number of amides is 1. The summed E-state index contributed by atoms with van der Waals surface area (Å²) >= 11 is 0. The van der Waals surface area contributed by atoms with Crippen LogP contribution in [0.5, 0.6) is 0 Å². The van der Waals surface area contributed by atoms with E-state index in [9.17, 15) is 19.0 Å². The Morgan fingerprint density at radius 2 is 0.787 bits per heavy atom. The minimum absolute atomic E-state index is 0.0407. The van der Waals surface area contributed by atoms with Gasteiger partial charge in [0.25, 0.3) is 0 Å². The maximum Gasteiger partial charge on any atom is 0.472 e. The van der Waals surface area contributed by atoms with Crippen LogP contribution in [-0.4, -0.2) is 74.3 Å². The molecule has 0 aliphatic rings. The first kappa shape index (κ1) is 73.2. The zero-order chi connectivity index (χ0) is 55.0. The summed E-state index contributed by atoms with van der Waals surface area (Å²) in [5.41, 5.74) is 0. The summed E-state index contributed by atoms with van der Waals surface area (Å²) in [5, 5.41) is 3.04. The van der Waals surface area contributed by atoms with Gasteiger partial charge in [0.1, 0.15) is 19.3 Å². The highest BCUT2D eigenvalue weighted by Crippen LogP contribution is 2.43. The number of carbonyl (C=O) groups excluding carboxylic acids is 2. The van der Waals surface area contributed by atoms with Crippen molar-refractivity contribution in [1.82, 2.24) is 5.32 Å². The molecule has 0 spiro atoms. The van der Waals surface area contributed by atoms with Gasteiger partial charge in [-0.1, -0.05) is 263 Å². The van der Waals surface area contributed by atoms with Crippen LogP contribution in [0.15, 0.2) is 36.5 Å². The molecule has 0 fully saturated rings. The number of rotatable bonds is 59. The van der Waals surface area contributed by atoms with Crippen molar-refractivity contribution in [2.24, 2.45) is 0 Å². The second-order valence-electron chi connectivity index (χ2n) is 23.3. The van der Waals surface area contributed by atoms with Crippen molar-refractivity contribution in [2.75, 3.05) is 40.9 Å². The lowest BCUT2D eigenvalue weighted by Gasteiger charge is -2.27. The molecule has 75 heavy (non-hydrogen) atoms. The molecule has 0 aromatic carbocycles.